The minimum absolute atomic E-state index is 0.176. The summed E-state index contributed by atoms with van der Waals surface area (Å²) < 4.78 is 0. The van der Waals surface area contributed by atoms with Gasteiger partial charge < -0.3 is 10.2 Å². The molecule has 5 heteroatoms. The molecule has 1 N–H and O–H groups in total. The summed E-state index contributed by atoms with van der Waals surface area (Å²) in [5.41, 5.74) is 0. The quantitative estimate of drug-likeness (QED) is 0.911. The van der Waals surface area contributed by atoms with Gasteiger partial charge in [0.25, 0.3) is 0 Å². The van der Waals surface area contributed by atoms with Gasteiger partial charge in [-0.2, -0.15) is 0 Å². The Labute approximate surface area is 119 Å². The lowest BCUT2D eigenvalue weighted by Crippen LogP contribution is -2.46. The van der Waals surface area contributed by atoms with Crippen LogP contribution in [0.1, 0.15) is 37.9 Å². The Hall–Kier alpha value is -1.65. The molecule has 5 nitrogen and oxygen atoms in total. The third-order valence-corrected chi connectivity index (χ3v) is 4.40. The van der Waals surface area contributed by atoms with E-state index in [4.69, 9.17) is 0 Å². The summed E-state index contributed by atoms with van der Waals surface area (Å²) in [6.07, 6.45) is 7.21. The molecule has 3 rings (SSSR count). The molecule has 2 aliphatic rings. The van der Waals surface area contributed by atoms with Crippen molar-refractivity contribution >= 4 is 11.7 Å². The Balaban J connectivity index is 1.52. The number of carbonyl (C=O) groups is 1. The van der Waals surface area contributed by atoms with Gasteiger partial charge in [-0.3, -0.25) is 4.79 Å². The first kappa shape index (κ1) is 13.3. The molecular weight excluding hydrogens is 252 g/mol. The maximum atomic E-state index is 12.1. The molecular formula is C15H22N4O. The van der Waals surface area contributed by atoms with Crippen LogP contribution in [-0.4, -0.2) is 35.0 Å². The predicted octanol–water partition coefficient (Wildman–Crippen LogP) is 1.67. The molecule has 1 amide bonds. The van der Waals surface area contributed by atoms with Crippen LogP contribution in [0.3, 0.4) is 0 Å². The van der Waals surface area contributed by atoms with Crippen LogP contribution in [0.2, 0.25) is 0 Å². The fourth-order valence-corrected chi connectivity index (χ4v) is 2.86. The zero-order valence-electron chi connectivity index (χ0n) is 12.0. The first-order valence-corrected chi connectivity index (χ1v) is 7.57. The van der Waals surface area contributed by atoms with Gasteiger partial charge in [-0.25, -0.2) is 9.97 Å². The molecule has 108 valence electrons. The molecule has 2 heterocycles. The number of nitrogens with one attached hydrogen (secondary N) is 1. The maximum absolute atomic E-state index is 12.1. The molecule has 1 aromatic heterocycles. The van der Waals surface area contributed by atoms with Gasteiger partial charge in [-0.1, -0.05) is 0 Å². The Kier molecular flexibility index (Phi) is 3.85. The summed E-state index contributed by atoms with van der Waals surface area (Å²) in [5.74, 6) is 2.21. The van der Waals surface area contributed by atoms with Gasteiger partial charge in [0.2, 0.25) is 5.91 Å². The van der Waals surface area contributed by atoms with Crippen molar-refractivity contribution in [3.8, 4) is 0 Å². The van der Waals surface area contributed by atoms with Crippen LogP contribution >= 0.6 is 0 Å². The van der Waals surface area contributed by atoms with E-state index in [1.807, 2.05) is 13.0 Å². The first-order valence-electron chi connectivity index (χ1n) is 7.57. The third kappa shape index (κ3) is 2.92. The van der Waals surface area contributed by atoms with E-state index in [1.165, 1.54) is 6.42 Å². The summed E-state index contributed by atoms with van der Waals surface area (Å²) in [6.45, 7) is 3.71. The third-order valence-electron chi connectivity index (χ3n) is 4.40. The van der Waals surface area contributed by atoms with Gasteiger partial charge in [-0.05, 0) is 45.1 Å². The Morgan fingerprint density at radius 2 is 2.05 bits per heavy atom. The maximum Gasteiger partial charge on any atom is 0.223 e. The summed E-state index contributed by atoms with van der Waals surface area (Å²) in [4.78, 5) is 23.0. The number of nitrogens with zero attached hydrogens (tertiary/aromatic N) is 3. The van der Waals surface area contributed by atoms with Gasteiger partial charge in [0.1, 0.15) is 11.6 Å². The molecule has 1 saturated carbocycles. The molecule has 1 aromatic rings. The predicted molar refractivity (Wildman–Crippen MR) is 77.5 cm³/mol. The van der Waals surface area contributed by atoms with Crippen LogP contribution in [0.5, 0.6) is 0 Å². The minimum atomic E-state index is 0.176. The van der Waals surface area contributed by atoms with Gasteiger partial charge in [0.05, 0.1) is 0 Å². The van der Waals surface area contributed by atoms with E-state index in [-0.39, 0.29) is 11.8 Å². The van der Waals surface area contributed by atoms with Crippen LogP contribution in [0.25, 0.3) is 0 Å². The number of hydrogen-bond acceptors (Lipinski definition) is 4. The Bertz CT molecular complexity index is 479. The van der Waals surface area contributed by atoms with Crippen molar-refractivity contribution in [3.63, 3.8) is 0 Å². The lowest BCUT2D eigenvalue weighted by atomic mass is 9.90. The molecule has 1 aliphatic heterocycles. The Morgan fingerprint density at radius 3 is 2.65 bits per heavy atom. The zero-order chi connectivity index (χ0) is 13.9. The molecule has 20 heavy (non-hydrogen) atoms. The standard InChI is InChI=1S/C15H22N4O/c1-11-16-8-5-14(17-11)19-9-6-12(7-10-19)15(20)18-13-3-2-4-13/h5,8,12-13H,2-4,6-7,9-10H2,1H3,(H,18,20). The van der Waals surface area contributed by atoms with Crippen molar-refractivity contribution < 1.29 is 4.79 Å². The van der Waals surface area contributed by atoms with E-state index < -0.39 is 0 Å². The lowest BCUT2D eigenvalue weighted by Gasteiger charge is -2.34. The summed E-state index contributed by atoms with van der Waals surface area (Å²) >= 11 is 0. The number of aryl methyl sites for hydroxylation is 1. The smallest absolute Gasteiger partial charge is 0.223 e. The van der Waals surface area contributed by atoms with Crippen molar-refractivity contribution in [2.75, 3.05) is 18.0 Å². The van der Waals surface area contributed by atoms with Gasteiger partial charge in [0, 0.05) is 31.2 Å². The number of carbonyl (C=O) groups excluding carboxylic acids is 1. The molecule has 0 aromatic carbocycles. The molecule has 1 saturated heterocycles. The average molecular weight is 274 g/mol. The SMILES string of the molecule is Cc1nccc(N2CCC(C(=O)NC3CCC3)CC2)n1. The average Bonchev–Trinajstić information content (AvgIpc) is 2.43. The van der Waals surface area contributed by atoms with E-state index in [2.05, 4.69) is 20.2 Å². The molecule has 0 bridgehead atoms. The second-order valence-corrected chi connectivity index (χ2v) is 5.86. The molecule has 0 spiro atoms. The van der Waals surface area contributed by atoms with E-state index in [0.29, 0.717) is 6.04 Å². The number of piperidine rings is 1. The van der Waals surface area contributed by atoms with Gasteiger partial charge >= 0.3 is 0 Å². The molecule has 0 unspecified atom stereocenters. The normalized spacial score (nSPS) is 20.6. The summed E-state index contributed by atoms with van der Waals surface area (Å²) in [6, 6.07) is 2.40. The monoisotopic (exact) mass is 274 g/mol. The number of rotatable bonds is 3. The topological polar surface area (TPSA) is 58.1 Å². The second-order valence-electron chi connectivity index (χ2n) is 5.86. The molecule has 2 fully saturated rings. The first-order chi connectivity index (χ1) is 9.72. The van der Waals surface area contributed by atoms with Gasteiger partial charge in [0.15, 0.2) is 0 Å². The van der Waals surface area contributed by atoms with Crippen LogP contribution in [0.4, 0.5) is 5.82 Å². The summed E-state index contributed by atoms with van der Waals surface area (Å²) in [7, 11) is 0. The van der Waals surface area contributed by atoms with Crippen molar-refractivity contribution in [1.29, 1.82) is 0 Å². The molecule has 0 radical (unpaired) electrons. The van der Waals surface area contributed by atoms with Crippen molar-refractivity contribution in [1.82, 2.24) is 15.3 Å². The lowest BCUT2D eigenvalue weighted by molar-refractivity contribution is -0.126. The van der Waals surface area contributed by atoms with Crippen LogP contribution in [0, 0.1) is 12.8 Å². The highest BCUT2D eigenvalue weighted by molar-refractivity contribution is 5.79. The fraction of sp³-hybridized carbons (Fsp3) is 0.667. The van der Waals surface area contributed by atoms with Crippen LogP contribution in [-0.2, 0) is 4.79 Å². The summed E-state index contributed by atoms with van der Waals surface area (Å²) in [5, 5.41) is 3.17. The van der Waals surface area contributed by atoms with E-state index >= 15 is 0 Å². The molecule has 0 atom stereocenters. The number of aromatic nitrogens is 2. The highest BCUT2D eigenvalue weighted by Gasteiger charge is 2.28. The van der Waals surface area contributed by atoms with Crippen LogP contribution < -0.4 is 10.2 Å². The minimum Gasteiger partial charge on any atom is -0.356 e. The highest BCUT2D eigenvalue weighted by Crippen LogP contribution is 2.24. The van der Waals surface area contributed by atoms with Crippen molar-refractivity contribution in [2.45, 2.75) is 45.1 Å². The van der Waals surface area contributed by atoms with Gasteiger partial charge in [-0.15, -0.1) is 0 Å². The fourth-order valence-electron chi connectivity index (χ4n) is 2.86. The number of anilines is 1. The van der Waals surface area contributed by atoms with Crippen molar-refractivity contribution in [3.05, 3.63) is 18.1 Å². The van der Waals surface area contributed by atoms with Crippen molar-refractivity contribution in [2.24, 2.45) is 5.92 Å². The number of amides is 1. The largest absolute Gasteiger partial charge is 0.356 e. The highest BCUT2D eigenvalue weighted by atomic mass is 16.1. The van der Waals surface area contributed by atoms with E-state index in [9.17, 15) is 4.79 Å². The number of hydrogen-bond donors (Lipinski definition) is 1. The van der Waals surface area contributed by atoms with E-state index in [1.54, 1.807) is 6.20 Å². The molecule has 1 aliphatic carbocycles. The second kappa shape index (κ2) is 5.77. The van der Waals surface area contributed by atoms with Crippen LogP contribution in [0.15, 0.2) is 12.3 Å². The zero-order valence-corrected chi connectivity index (χ0v) is 12.0. The van der Waals surface area contributed by atoms with E-state index in [0.717, 1.165) is 50.4 Å². The Morgan fingerprint density at radius 1 is 1.30 bits per heavy atom.